The fraction of sp³-hybridized carbons (Fsp3) is 0.571. The number of phenolic OH excluding ortho intramolecular Hbond substituents is 1. The summed E-state index contributed by atoms with van der Waals surface area (Å²) in [6.45, 7) is 4.42. The van der Waals surface area contributed by atoms with Crippen LogP contribution in [0.1, 0.15) is 25.5 Å². The van der Waals surface area contributed by atoms with Crippen LogP contribution in [0.5, 0.6) is 11.5 Å². The van der Waals surface area contributed by atoms with Gasteiger partial charge in [0, 0.05) is 18.2 Å². The van der Waals surface area contributed by atoms with Gasteiger partial charge in [0.05, 0.1) is 6.61 Å². The molecule has 2 N–H and O–H groups in total. The molecule has 0 aliphatic heterocycles. The van der Waals surface area contributed by atoms with Gasteiger partial charge in [-0.25, -0.2) is 0 Å². The van der Waals surface area contributed by atoms with Gasteiger partial charge in [-0.1, -0.05) is 19.1 Å². The van der Waals surface area contributed by atoms with E-state index in [1.807, 2.05) is 45.0 Å². The van der Waals surface area contributed by atoms with E-state index in [0.29, 0.717) is 12.4 Å². The van der Waals surface area contributed by atoms with Gasteiger partial charge in [0.25, 0.3) is 0 Å². The Bertz CT molecular complexity index is 379. The number of para-hydroxylation sites is 1. The molecule has 0 bridgehead atoms. The van der Waals surface area contributed by atoms with E-state index in [-0.39, 0.29) is 24.3 Å². The van der Waals surface area contributed by atoms with E-state index in [1.165, 1.54) is 0 Å². The topological polar surface area (TPSA) is 52.9 Å². The van der Waals surface area contributed by atoms with Crippen molar-refractivity contribution in [2.24, 2.45) is 5.92 Å². The summed E-state index contributed by atoms with van der Waals surface area (Å²) in [7, 11) is 3.87. The summed E-state index contributed by atoms with van der Waals surface area (Å²) in [6, 6.07) is 5.43. The van der Waals surface area contributed by atoms with Crippen molar-refractivity contribution in [2.45, 2.75) is 19.9 Å². The first-order valence-electron chi connectivity index (χ1n) is 6.24. The fourth-order valence-electron chi connectivity index (χ4n) is 2.24. The predicted molar refractivity (Wildman–Crippen MR) is 72.0 cm³/mol. The highest BCUT2D eigenvalue weighted by Gasteiger charge is 2.25. The van der Waals surface area contributed by atoms with Crippen molar-refractivity contribution in [1.82, 2.24) is 4.90 Å². The SMILES string of the molecule is CCOc1cccc(C(C(C)CO)N(C)C)c1O. The lowest BCUT2D eigenvalue weighted by Crippen LogP contribution is -2.28. The van der Waals surface area contributed by atoms with Crippen LogP contribution in [-0.2, 0) is 0 Å². The molecule has 0 amide bonds. The molecule has 0 aromatic heterocycles. The van der Waals surface area contributed by atoms with Crippen LogP contribution < -0.4 is 4.74 Å². The third-order valence-corrected chi connectivity index (χ3v) is 3.03. The normalized spacial score (nSPS) is 14.6. The smallest absolute Gasteiger partial charge is 0.162 e. The first-order chi connectivity index (χ1) is 8.52. The number of nitrogens with zero attached hydrogens (tertiary/aromatic N) is 1. The minimum absolute atomic E-state index is 0.0303. The molecule has 102 valence electrons. The highest BCUT2D eigenvalue weighted by atomic mass is 16.5. The maximum absolute atomic E-state index is 10.3. The van der Waals surface area contributed by atoms with E-state index in [0.717, 1.165) is 5.56 Å². The average molecular weight is 253 g/mol. The molecule has 4 heteroatoms. The molecule has 2 atom stereocenters. The molecule has 0 saturated carbocycles. The molecule has 0 saturated heterocycles. The van der Waals surface area contributed by atoms with Crippen LogP contribution in [0.25, 0.3) is 0 Å². The van der Waals surface area contributed by atoms with Crippen molar-refractivity contribution in [2.75, 3.05) is 27.3 Å². The van der Waals surface area contributed by atoms with Gasteiger partial charge in [0.1, 0.15) is 0 Å². The lowest BCUT2D eigenvalue weighted by molar-refractivity contribution is 0.143. The van der Waals surface area contributed by atoms with E-state index in [4.69, 9.17) is 4.74 Å². The molecule has 0 fully saturated rings. The van der Waals surface area contributed by atoms with E-state index in [9.17, 15) is 10.2 Å². The number of rotatable bonds is 6. The molecule has 1 aromatic carbocycles. The third kappa shape index (κ3) is 3.15. The van der Waals surface area contributed by atoms with Gasteiger partial charge < -0.3 is 19.8 Å². The van der Waals surface area contributed by atoms with Crippen molar-refractivity contribution in [3.63, 3.8) is 0 Å². The summed E-state index contributed by atoms with van der Waals surface area (Å²) >= 11 is 0. The zero-order valence-electron chi connectivity index (χ0n) is 11.6. The van der Waals surface area contributed by atoms with Gasteiger partial charge in [-0.3, -0.25) is 0 Å². The van der Waals surface area contributed by atoms with E-state index in [1.54, 1.807) is 6.07 Å². The van der Waals surface area contributed by atoms with E-state index < -0.39 is 0 Å². The van der Waals surface area contributed by atoms with Crippen molar-refractivity contribution in [3.8, 4) is 11.5 Å². The van der Waals surface area contributed by atoms with Crippen LogP contribution in [0.2, 0.25) is 0 Å². The van der Waals surface area contributed by atoms with Gasteiger partial charge in [0.2, 0.25) is 0 Å². The largest absolute Gasteiger partial charge is 0.504 e. The monoisotopic (exact) mass is 253 g/mol. The second-order valence-electron chi connectivity index (χ2n) is 4.70. The average Bonchev–Trinajstić information content (AvgIpc) is 2.33. The van der Waals surface area contributed by atoms with Gasteiger partial charge in [-0.05, 0) is 33.0 Å². The molecule has 0 spiro atoms. The lowest BCUT2D eigenvalue weighted by Gasteiger charge is -2.30. The first-order valence-corrected chi connectivity index (χ1v) is 6.24. The molecule has 1 rings (SSSR count). The van der Waals surface area contributed by atoms with Crippen molar-refractivity contribution < 1.29 is 14.9 Å². The first kappa shape index (κ1) is 14.8. The van der Waals surface area contributed by atoms with Crippen molar-refractivity contribution in [3.05, 3.63) is 23.8 Å². The molecule has 18 heavy (non-hydrogen) atoms. The van der Waals surface area contributed by atoms with Crippen LogP contribution in [0.15, 0.2) is 18.2 Å². The molecule has 0 aliphatic carbocycles. The van der Waals surface area contributed by atoms with Crippen LogP contribution in [0.4, 0.5) is 0 Å². The summed E-state index contributed by atoms with van der Waals surface area (Å²) in [5.74, 6) is 0.688. The van der Waals surface area contributed by atoms with Gasteiger partial charge in [0.15, 0.2) is 11.5 Å². The zero-order valence-corrected chi connectivity index (χ0v) is 11.6. The Morgan fingerprint density at radius 3 is 2.50 bits per heavy atom. The minimum atomic E-state index is -0.0459. The van der Waals surface area contributed by atoms with Crippen LogP contribution in [0.3, 0.4) is 0 Å². The maximum atomic E-state index is 10.3. The second-order valence-corrected chi connectivity index (χ2v) is 4.70. The van der Waals surface area contributed by atoms with Crippen molar-refractivity contribution in [1.29, 1.82) is 0 Å². The van der Waals surface area contributed by atoms with Crippen LogP contribution in [-0.4, -0.2) is 42.4 Å². The molecular weight excluding hydrogens is 230 g/mol. The Balaban J connectivity index is 3.16. The standard InChI is InChI=1S/C14H23NO3/c1-5-18-12-8-6-7-11(14(12)17)13(15(3)4)10(2)9-16/h6-8,10,13,16-17H,5,9H2,1-4H3. The van der Waals surface area contributed by atoms with Gasteiger partial charge in [-0.15, -0.1) is 0 Å². The second kappa shape index (κ2) is 6.61. The van der Waals surface area contributed by atoms with Crippen molar-refractivity contribution >= 4 is 0 Å². The molecule has 0 heterocycles. The zero-order chi connectivity index (χ0) is 13.7. The summed E-state index contributed by atoms with van der Waals surface area (Å²) in [4.78, 5) is 1.99. The number of aliphatic hydroxyl groups is 1. The number of phenols is 1. The maximum Gasteiger partial charge on any atom is 0.162 e. The van der Waals surface area contributed by atoms with Gasteiger partial charge in [-0.2, -0.15) is 0 Å². The Labute approximate surface area is 109 Å². The minimum Gasteiger partial charge on any atom is -0.504 e. The molecule has 0 radical (unpaired) electrons. The third-order valence-electron chi connectivity index (χ3n) is 3.03. The Hall–Kier alpha value is -1.26. The quantitative estimate of drug-likeness (QED) is 0.814. The number of ether oxygens (including phenoxy) is 1. The summed E-state index contributed by atoms with van der Waals surface area (Å²) < 4.78 is 5.39. The molecular formula is C14H23NO3. The van der Waals surface area contributed by atoms with Gasteiger partial charge >= 0.3 is 0 Å². The Kier molecular flexibility index (Phi) is 5.44. The molecule has 4 nitrogen and oxygen atoms in total. The number of hydrogen-bond acceptors (Lipinski definition) is 4. The highest BCUT2D eigenvalue weighted by molar-refractivity contribution is 5.47. The Morgan fingerprint density at radius 2 is 2.00 bits per heavy atom. The number of aliphatic hydroxyl groups excluding tert-OH is 1. The van der Waals surface area contributed by atoms with Crippen LogP contribution in [0, 0.1) is 5.92 Å². The highest BCUT2D eigenvalue weighted by Crippen LogP contribution is 2.38. The van der Waals surface area contributed by atoms with E-state index in [2.05, 4.69) is 0 Å². The summed E-state index contributed by atoms with van der Waals surface area (Å²) in [6.07, 6.45) is 0. The lowest BCUT2D eigenvalue weighted by atomic mass is 9.93. The predicted octanol–water partition coefficient (Wildman–Crippen LogP) is 2.02. The number of benzene rings is 1. The Morgan fingerprint density at radius 1 is 1.33 bits per heavy atom. The fourth-order valence-corrected chi connectivity index (χ4v) is 2.24. The molecule has 2 unspecified atom stereocenters. The molecule has 0 aliphatic rings. The summed E-state index contributed by atoms with van der Waals surface area (Å²) in [5.41, 5.74) is 0.785. The number of aromatic hydroxyl groups is 1. The summed E-state index contributed by atoms with van der Waals surface area (Å²) in [5, 5.41) is 19.6. The number of hydrogen-bond donors (Lipinski definition) is 2. The van der Waals surface area contributed by atoms with Crippen LogP contribution >= 0.6 is 0 Å². The molecule has 1 aromatic rings. The van der Waals surface area contributed by atoms with E-state index >= 15 is 0 Å².